The van der Waals surface area contributed by atoms with Crippen LogP contribution in [0.25, 0.3) is 0 Å². The summed E-state index contributed by atoms with van der Waals surface area (Å²) in [6, 6.07) is 0. The zero-order valence-electron chi connectivity index (χ0n) is 11.1. The number of carbonyl (C=O) groups is 2. The van der Waals surface area contributed by atoms with E-state index in [2.05, 4.69) is 10.6 Å². The summed E-state index contributed by atoms with van der Waals surface area (Å²) < 4.78 is 31.5. The molecular formula is C11H19F3N2O3. The van der Waals surface area contributed by atoms with Crippen molar-refractivity contribution >= 4 is 11.9 Å². The van der Waals surface area contributed by atoms with Gasteiger partial charge in [-0.15, -0.1) is 0 Å². The molecule has 112 valence electrons. The van der Waals surface area contributed by atoms with Gasteiger partial charge >= 0.3 is 6.18 Å². The van der Waals surface area contributed by atoms with Crippen LogP contribution in [0, 0.1) is 5.92 Å². The Hall–Kier alpha value is -1.31. The standard InChI is InChI=1S/C9H18N2O.C2HF3O2/c1-9(2,3)11-8(12)7-4-5-10-6-7;3-2(4,5)1(6)7/h7,10H,4-6H2,1-3H3,(H,11,12);(H,6,7)/t7-;/m0./s1. The molecule has 1 aliphatic rings. The summed E-state index contributed by atoms with van der Waals surface area (Å²) in [4.78, 5) is 20.3. The van der Waals surface area contributed by atoms with Crippen molar-refractivity contribution in [1.29, 1.82) is 0 Å². The van der Waals surface area contributed by atoms with Crippen LogP contribution in [0.15, 0.2) is 0 Å². The van der Waals surface area contributed by atoms with Gasteiger partial charge in [-0.3, -0.25) is 4.79 Å². The van der Waals surface area contributed by atoms with Crippen molar-refractivity contribution in [2.75, 3.05) is 13.1 Å². The number of aliphatic carboxylic acids is 1. The highest BCUT2D eigenvalue weighted by atomic mass is 19.4. The molecule has 0 spiro atoms. The lowest BCUT2D eigenvalue weighted by molar-refractivity contribution is -0.637. The van der Waals surface area contributed by atoms with Gasteiger partial charge in [0.1, 0.15) is 5.97 Å². The molecule has 3 N–H and O–H groups in total. The second-order valence-corrected chi connectivity index (χ2v) is 5.32. The van der Waals surface area contributed by atoms with Gasteiger partial charge in [0.05, 0.1) is 19.0 Å². The van der Waals surface area contributed by atoms with Crippen LogP contribution in [0.3, 0.4) is 0 Å². The van der Waals surface area contributed by atoms with Crippen LogP contribution in [-0.4, -0.2) is 36.7 Å². The largest absolute Gasteiger partial charge is 0.542 e. The number of carbonyl (C=O) groups excluding carboxylic acids is 2. The van der Waals surface area contributed by atoms with Crippen molar-refractivity contribution in [2.24, 2.45) is 5.92 Å². The molecule has 1 atom stereocenters. The van der Waals surface area contributed by atoms with Crippen molar-refractivity contribution in [3.05, 3.63) is 0 Å². The van der Waals surface area contributed by atoms with Crippen molar-refractivity contribution in [3.63, 3.8) is 0 Å². The van der Waals surface area contributed by atoms with Crippen LogP contribution in [-0.2, 0) is 9.59 Å². The lowest BCUT2D eigenvalue weighted by Gasteiger charge is -2.21. The lowest BCUT2D eigenvalue weighted by atomic mass is 10.0. The fraction of sp³-hybridized carbons (Fsp3) is 0.818. The first-order valence-corrected chi connectivity index (χ1v) is 5.85. The zero-order valence-corrected chi connectivity index (χ0v) is 11.1. The van der Waals surface area contributed by atoms with Gasteiger partial charge in [-0.25, -0.2) is 0 Å². The summed E-state index contributed by atoms with van der Waals surface area (Å²) in [6.07, 6.45) is -4.16. The van der Waals surface area contributed by atoms with Crippen molar-refractivity contribution < 1.29 is 33.2 Å². The van der Waals surface area contributed by atoms with Gasteiger partial charge in [0, 0.05) is 12.0 Å². The van der Waals surface area contributed by atoms with Crippen molar-refractivity contribution in [3.8, 4) is 0 Å². The number of rotatable bonds is 1. The lowest BCUT2D eigenvalue weighted by Crippen LogP contribution is -2.81. The number of nitrogens with one attached hydrogen (secondary N) is 1. The number of halogens is 3. The number of carboxylic acids is 1. The molecule has 0 unspecified atom stereocenters. The zero-order chi connectivity index (χ0) is 15.3. The van der Waals surface area contributed by atoms with E-state index in [1.807, 2.05) is 20.8 Å². The Labute approximate surface area is 109 Å². The Balaban J connectivity index is 0.000000399. The van der Waals surface area contributed by atoms with Crippen LogP contribution in [0.1, 0.15) is 27.2 Å². The van der Waals surface area contributed by atoms with Gasteiger partial charge in [-0.1, -0.05) is 0 Å². The van der Waals surface area contributed by atoms with Crippen LogP contribution < -0.4 is 15.7 Å². The minimum absolute atomic E-state index is 0.0837. The smallest absolute Gasteiger partial charge is 0.430 e. The minimum atomic E-state index is -5.19. The monoisotopic (exact) mass is 284 g/mol. The Morgan fingerprint density at radius 1 is 1.26 bits per heavy atom. The predicted molar refractivity (Wildman–Crippen MR) is 58.7 cm³/mol. The molecule has 0 aromatic heterocycles. The topological polar surface area (TPSA) is 85.8 Å². The van der Waals surface area contributed by atoms with Crippen LogP contribution >= 0.6 is 0 Å². The Morgan fingerprint density at radius 3 is 2.00 bits per heavy atom. The normalized spacial score (nSPS) is 19.4. The minimum Gasteiger partial charge on any atom is -0.542 e. The molecule has 8 heteroatoms. The molecule has 0 aliphatic carbocycles. The van der Waals surface area contributed by atoms with Gasteiger partial charge in [0.15, 0.2) is 0 Å². The first kappa shape index (κ1) is 17.7. The van der Waals surface area contributed by atoms with Gasteiger partial charge in [-0.2, -0.15) is 13.2 Å². The fourth-order valence-electron chi connectivity index (χ4n) is 1.47. The average Bonchev–Trinajstić information content (AvgIpc) is 2.66. The second kappa shape index (κ2) is 6.74. The van der Waals surface area contributed by atoms with Gasteiger partial charge in [0.2, 0.25) is 5.91 Å². The molecule has 19 heavy (non-hydrogen) atoms. The molecule has 0 aromatic rings. The molecular weight excluding hydrogens is 265 g/mol. The molecule has 5 nitrogen and oxygen atoms in total. The molecule has 1 amide bonds. The van der Waals surface area contributed by atoms with Crippen molar-refractivity contribution in [2.45, 2.75) is 38.9 Å². The van der Waals surface area contributed by atoms with Crippen LogP contribution in [0.2, 0.25) is 0 Å². The molecule has 1 fully saturated rings. The molecule has 0 radical (unpaired) electrons. The van der Waals surface area contributed by atoms with E-state index in [-0.39, 0.29) is 17.4 Å². The van der Waals surface area contributed by atoms with E-state index in [1.54, 1.807) is 0 Å². The number of alkyl halides is 3. The fourth-order valence-corrected chi connectivity index (χ4v) is 1.47. The number of quaternary nitrogens is 1. The van der Waals surface area contributed by atoms with Crippen LogP contribution in [0.5, 0.6) is 0 Å². The molecule has 1 rings (SSSR count). The highest BCUT2D eigenvalue weighted by Crippen LogP contribution is 2.11. The summed E-state index contributed by atoms with van der Waals surface area (Å²) in [5.74, 6) is -2.55. The van der Waals surface area contributed by atoms with E-state index in [0.717, 1.165) is 19.5 Å². The number of hydrogen-bond donors (Lipinski definition) is 2. The number of hydrogen-bond acceptors (Lipinski definition) is 3. The number of amides is 1. The molecule has 0 aromatic carbocycles. The van der Waals surface area contributed by atoms with Crippen LogP contribution in [0.4, 0.5) is 13.2 Å². The van der Waals surface area contributed by atoms with E-state index in [4.69, 9.17) is 9.90 Å². The number of carboxylic acid groups (broad SMARTS) is 1. The average molecular weight is 284 g/mol. The maximum atomic E-state index is 11.5. The molecule has 1 heterocycles. The summed E-state index contributed by atoms with van der Waals surface area (Å²) >= 11 is 0. The second-order valence-electron chi connectivity index (χ2n) is 5.32. The van der Waals surface area contributed by atoms with Crippen molar-refractivity contribution in [1.82, 2.24) is 5.32 Å². The van der Waals surface area contributed by atoms with E-state index < -0.39 is 12.1 Å². The van der Waals surface area contributed by atoms with E-state index >= 15 is 0 Å². The summed E-state index contributed by atoms with van der Waals surface area (Å²) in [5, 5.41) is 14.0. The third-order valence-corrected chi connectivity index (χ3v) is 2.27. The van der Waals surface area contributed by atoms with E-state index in [9.17, 15) is 18.0 Å². The van der Waals surface area contributed by atoms with E-state index in [0.29, 0.717) is 0 Å². The Bertz CT molecular complexity index is 318. The van der Waals surface area contributed by atoms with E-state index in [1.165, 1.54) is 0 Å². The maximum Gasteiger partial charge on any atom is 0.430 e. The summed E-state index contributed by atoms with van der Waals surface area (Å²) in [5.41, 5.74) is -0.0837. The summed E-state index contributed by atoms with van der Waals surface area (Å²) in [7, 11) is 0. The van der Waals surface area contributed by atoms with Gasteiger partial charge < -0.3 is 20.5 Å². The maximum absolute atomic E-state index is 11.5. The van der Waals surface area contributed by atoms with Gasteiger partial charge in [-0.05, 0) is 20.8 Å². The number of nitrogens with two attached hydrogens (primary N) is 1. The third kappa shape index (κ3) is 8.41. The molecule has 0 saturated carbocycles. The predicted octanol–water partition coefficient (Wildman–Crippen LogP) is -1.22. The van der Waals surface area contributed by atoms with Gasteiger partial charge in [0.25, 0.3) is 0 Å². The first-order valence-electron chi connectivity index (χ1n) is 5.85. The molecule has 0 bridgehead atoms. The first-order chi connectivity index (χ1) is 8.43. The highest BCUT2D eigenvalue weighted by Gasteiger charge is 2.29. The Kier molecular flexibility index (Phi) is 6.28. The third-order valence-electron chi connectivity index (χ3n) is 2.27. The quantitative estimate of drug-likeness (QED) is 0.633. The summed E-state index contributed by atoms with van der Waals surface area (Å²) in [6.45, 7) is 8.11. The Morgan fingerprint density at radius 2 is 1.74 bits per heavy atom. The molecule has 1 aliphatic heterocycles. The highest BCUT2D eigenvalue weighted by molar-refractivity contribution is 5.79. The molecule has 1 saturated heterocycles. The SMILES string of the molecule is CC(C)(C)NC(=O)[C@H]1CC[NH2+]C1.O=C([O-])C(F)(F)F.